The van der Waals surface area contributed by atoms with Crippen LogP contribution in [0.5, 0.6) is 5.75 Å². The Morgan fingerprint density at radius 2 is 1.89 bits per heavy atom. The van der Waals surface area contributed by atoms with Crippen molar-refractivity contribution in [2.75, 3.05) is 13.2 Å². The van der Waals surface area contributed by atoms with Crippen LogP contribution in [0.25, 0.3) is 11.1 Å². The van der Waals surface area contributed by atoms with Crippen LogP contribution in [0.3, 0.4) is 0 Å². The first-order valence-corrected chi connectivity index (χ1v) is 6.25. The number of aldehydes is 1. The summed E-state index contributed by atoms with van der Waals surface area (Å²) in [5.41, 5.74) is 2.73. The van der Waals surface area contributed by atoms with E-state index in [2.05, 4.69) is 0 Å². The first-order valence-electron chi connectivity index (χ1n) is 6.25. The molecule has 1 aliphatic rings. The quantitative estimate of drug-likeness (QED) is 0.608. The SMILES string of the molecule is O=Cc1cccc(-c2cccc(OCC3CO3)c2)c1. The normalized spacial score (nSPS) is 16.9. The molecular weight excluding hydrogens is 240 g/mol. The average Bonchev–Trinajstić information content (AvgIpc) is 3.30. The van der Waals surface area contributed by atoms with E-state index in [9.17, 15) is 4.79 Å². The molecule has 3 nitrogen and oxygen atoms in total. The van der Waals surface area contributed by atoms with Crippen molar-refractivity contribution in [2.45, 2.75) is 6.10 Å². The lowest BCUT2D eigenvalue weighted by Gasteiger charge is -2.07. The van der Waals surface area contributed by atoms with Crippen LogP contribution >= 0.6 is 0 Å². The van der Waals surface area contributed by atoms with Crippen molar-refractivity contribution in [3.8, 4) is 16.9 Å². The van der Waals surface area contributed by atoms with E-state index in [1.165, 1.54) is 0 Å². The molecule has 0 N–H and O–H groups in total. The van der Waals surface area contributed by atoms with Crippen molar-refractivity contribution in [1.82, 2.24) is 0 Å². The molecule has 1 fully saturated rings. The third-order valence-corrected chi connectivity index (χ3v) is 3.03. The maximum absolute atomic E-state index is 10.8. The molecule has 19 heavy (non-hydrogen) atoms. The highest BCUT2D eigenvalue weighted by atomic mass is 16.6. The summed E-state index contributed by atoms with van der Waals surface area (Å²) >= 11 is 0. The van der Waals surface area contributed by atoms with Crippen molar-refractivity contribution in [1.29, 1.82) is 0 Å². The molecule has 1 unspecified atom stereocenters. The van der Waals surface area contributed by atoms with Gasteiger partial charge in [-0.1, -0.05) is 30.3 Å². The third-order valence-electron chi connectivity index (χ3n) is 3.03. The van der Waals surface area contributed by atoms with Crippen LogP contribution < -0.4 is 4.74 Å². The van der Waals surface area contributed by atoms with E-state index in [1.54, 1.807) is 6.07 Å². The van der Waals surface area contributed by atoms with Crippen molar-refractivity contribution in [3.63, 3.8) is 0 Å². The van der Waals surface area contributed by atoms with Gasteiger partial charge in [-0.05, 0) is 29.3 Å². The fraction of sp³-hybridized carbons (Fsp3) is 0.188. The van der Waals surface area contributed by atoms with Crippen LogP contribution in [-0.2, 0) is 4.74 Å². The zero-order chi connectivity index (χ0) is 13.1. The minimum absolute atomic E-state index is 0.252. The highest BCUT2D eigenvalue weighted by Gasteiger charge is 2.23. The average molecular weight is 254 g/mol. The number of carbonyl (C=O) groups is 1. The van der Waals surface area contributed by atoms with Crippen molar-refractivity contribution in [3.05, 3.63) is 54.1 Å². The minimum atomic E-state index is 0.252. The van der Waals surface area contributed by atoms with Gasteiger partial charge in [-0.3, -0.25) is 4.79 Å². The lowest BCUT2D eigenvalue weighted by Crippen LogP contribution is -2.03. The molecule has 0 amide bonds. The largest absolute Gasteiger partial charge is 0.491 e. The van der Waals surface area contributed by atoms with Gasteiger partial charge >= 0.3 is 0 Å². The lowest BCUT2D eigenvalue weighted by atomic mass is 10.0. The van der Waals surface area contributed by atoms with Crippen LogP contribution in [0.2, 0.25) is 0 Å². The van der Waals surface area contributed by atoms with Gasteiger partial charge in [0.25, 0.3) is 0 Å². The smallest absolute Gasteiger partial charge is 0.150 e. The Kier molecular flexibility index (Phi) is 3.29. The van der Waals surface area contributed by atoms with Crippen LogP contribution in [0.15, 0.2) is 48.5 Å². The van der Waals surface area contributed by atoms with E-state index < -0.39 is 0 Å². The molecule has 0 spiro atoms. The predicted octanol–water partition coefficient (Wildman–Crippen LogP) is 2.94. The molecule has 1 atom stereocenters. The fourth-order valence-electron chi connectivity index (χ4n) is 1.91. The highest BCUT2D eigenvalue weighted by Crippen LogP contribution is 2.25. The summed E-state index contributed by atoms with van der Waals surface area (Å²) < 4.78 is 10.8. The van der Waals surface area contributed by atoms with Gasteiger partial charge in [0.1, 0.15) is 24.7 Å². The third kappa shape index (κ3) is 3.01. The lowest BCUT2D eigenvalue weighted by molar-refractivity contribution is 0.112. The predicted molar refractivity (Wildman–Crippen MR) is 72.5 cm³/mol. The Morgan fingerprint density at radius 1 is 1.16 bits per heavy atom. The summed E-state index contributed by atoms with van der Waals surface area (Å²) in [5, 5.41) is 0. The Balaban J connectivity index is 1.82. The van der Waals surface area contributed by atoms with Gasteiger partial charge in [-0.25, -0.2) is 0 Å². The molecule has 2 aromatic carbocycles. The van der Waals surface area contributed by atoms with Gasteiger partial charge in [-0.15, -0.1) is 0 Å². The Bertz CT molecular complexity index is 588. The van der Waals surface area contributed by atoms with Gasteiger partial charge in [0.05, 0.1) is 6.61 Å². The fourth-order valence-corrected chi connectivity index (χ4v) is 1.91. The minimum Gasteiger partial charge on any atom is -0.491 e. The van der Waals surface area contributed by atoms with E-state index in [0.29, 0.717) is 12.2 Å². The summed E-state index contributed by atoms with van der Waals surface area (Å²) in [5.74, 6) is 0.824. The standard InChI is InChI=1S/C16H14O3/c17-9-12-3-1-4-13(7-12)14-5-2-6-15(8-14)18-10-16-11-19-16/h1-9,16H,10-11H2. The molecule has 1 heterocycles. The first kappa shape index (κ1) is 11.9. The topological polar surface area (TPSA) is 38.8 Å². The number of hydrogen-bond donors (Lipinski definition) is 0. The Hall–Kier alpha value is -2.13. The second-order valence-electron chi connectivity index (χ2n) is 4.54. The summed E-state index contributed by atoms with van der Waals surface area (Å²) in [6, 6.07) is 15.4. The van der Waals surface area contributed by atoms with E-state index in [0.717, 1.165) is 29.8 Å². The maximum Gasteiger partial charge on any atom is 0.150 e. The zero-order valence-corrected chi connectivity index (χ0v) is 10.4. The van der Waals surface area contributed by atoms with Crippen molar-refractivity contribution < 1.29 is 14.3 Å². The molecular formula is C16H14O3. The van der Waals surface area contributed by atoms with E-state index in [4.69, 9.17) is 9.47 Å². The Labute approximate surface area is 111 Å². The van der Waals surface area contributed by atoms with Crippen molar-refractivity contribution in [2.24, 2.45) is 0 Å². The molecule has 1 aliphatic heterocycles. The Morgan fingerprint density at radius 3 is 2.63 bits per heavy atom. The van der Waals surface area contributed by atoms with E-state index in [-0.39, 0.29) is 6.10 Å². The van der Waals surface area contributed by atoms with Crippen LogP contribution in [-0.4, -0.2) is 25.6 Å². The van der Waals surface area contributed by atoms with Gasteiger partial charge < -0.3 is 9.47 Å². The van der Waals surface area contributed by atoms with Crippen LogP contribution in [0, 0.1) is 0 Å². The summed E-state index contributed by atoms with van der Waals surface area (Å²) in [6.07, 6.45) is 1.11. The first-order chi connectivity index (χ1) is 9.35. The molecule has 0 aliphatic carbocycles. The number of epoxide rings is 1. The van der Waals surface area contributed by atoms with Crippen molar-refractivity contribution >= 4 is 6.29 Å². The summed E-state index contributed by atoms with van der Waals surface area (Å²) in [7, 11) is 0. The molecule has 0 radical (unpaired) electrons. The molecule has 0 bridgehead atoms. The molecule has 2 aromatic rings. The molecule has 96 valence electrons. The summed E-state index contributed by atoms with van der Waals surface area (Å²) in [6.45, 7) is 1.39. The molecule has 0 saturated carbocycles. The number of rotatable bonds is 5. The van der Waals surface area contributed by atoms with Crippen LogP contribution in [0.4, 0.5) is 0 Å². The molecule has 3 rings (SSSR count). The maximum atomic E-state index is 10.8. The van der Waals surface area contributed by atoms with Gasteiger partial charge in [0.2, 0.25) is 0 Å². The number of benzene rings is 2. The zero-order valence-electron chi connectivity index (χ0n) is 10.4. The van der Waals surface area contributed by atoms with E-state index >= 15 is 0 Å². The highest BCUT2D eigenvalue weighted by molar-refractivity contribution is 5.79. The number of hydrogen-bond acceptors (Lipinski definition) is 3. The van der Waals surface area contributed by atoms with Gasteiger partial charge in [0, 0.05) is 5.56 Å². The molecule has 3 heteroatoms. The molecule has 0 aromatic heterocycles. The second-order valence-corrected chi connectivity index (χ2v) is 4.54. The number of ether oxygens (including phenoxy) is 2. The van der Waals surface area contributed by atoms with Crippen LogP contribution in [0.1, 0.15) is 10.4 Å². The number of carbonyl (C=O) groups excluding carboxylic acids is 1. The van der Waals surface area contributed by atoms with Gasteiger partial charge in [-0.2, -0.15) is 0 Å². The monoisotopic (exact) mass is 254 g/mol. The van der Waals surface area contributed by atoms with Gasteiger partial charge in [0.15, 0.2) is 0 Å². The molecule has 1 saturated heterocycles. The second kappa shape index (κ2) is 5.24. The van der Waals surface area contributed by atoms with E-state index in [1.807, 2.05) is 42.5 Å². The summed E-state index contributed by atoms with van der Waals surface area (Å²) in [4.78, 5) is 10.8.